The summed E-state index contributed by atoms with van der Waals surface area (Å²) in [5, 5.41) is 4.87. The normalized spacial score (nSPS) is 22.9. The van der Waals surface area contributed by atoms with Crippen molar-refractivity contribution in [2.75, 3.05) is 26.2 Å². The van der Waals surface area contributed by atoms with Crippen LogP contribution in [0.25, 0.3) is 5.69 Å². The zero-order valence-corrected chi connectivity index (χ0v) is 18.1. The molecule has 2 unspecified atom stereocenters. The first-order chi connectivity index (χ1) is 14.4. The fraction of sp³-hybridized carbons (Fsp3) is 0.500. The number of hydrogen-bond donors (Lipinski definition) is 0. The smallest absolute Gasteiger partial charge is 0.257 e. The number of amides is 2. The van der Waals surface area contributed by atoms with Gasteiger partial charge in [-0.3, -0.25) is 9.59 Å². The largest absolute Gasteiger partial charge is 0.372 e. The van der Waals surface area contributed by atoms with E-state index in [1.165, 1.54) is 0 Å². The molecule has 0 saturated carbocycles. The molecule has 8 heteroatoms. The van der Waals surface area contributed by atoms with Crippen molar-refractivity contribution >= 4 is 23.4 Å². The molecule has 0 aliphatic carbocycles. The van der Waals surface area contributed by atoms with Gasteiger partial charge in [-0.2, -0.15) is 5.10 Å². The number of rotatable bonds is 3. The first-order valence-corrected chi connectivity index (χ1v) is 10.8. The minimum atomic E-state index is -0.0622. The molecule has 0 spiro atoms. The summed E-state index contributed by atoms with van der Waals surface area (Å²) in [6.07, 6.45) is 4.77. The van der Waals surface area contributed by atoms with Crippen molar-refractivity contribution in [1.82, 2.24) is 19.6 Å². The van der Waals surface area contributed by atoms with Gasteiger partial charge in [-0.1, -0.05) is 23.7 Å². The number of ether oxygens (including phenoxy) is 1. The summed E-state index contributed by atoms with van der Waals surface area (Å²) < 4.78 is 7.35. The van der Waals surface area contributed by atoms with Gasteiger partial charge in [0, 0.05) is 38.3 Å². The number of carbonyl (C=O) groups excluding carboxylic acids is 2. The Hall–Kier alpha value is -2.38. The summed E-state index contributed by atoms with van der Waals surface area (Å²) in [6.45, 7) is 6.43. The Morgan fingerprint density at radius 1 is 1.07 bits per heavy atom. The molecule has 2 fully saturated rings. The molecule has 30 heavy (non-hydrogen) atoms. The van der Waals surface area contributed by atoms with E-state index in [-0.39, 0.29) is 29.9 Å². The maximum atomic E-state index is 12.9. The molecule has 160 valence electrons. The zero-order chi connectivity index (χ0) is 21.3. The topological polar surface area (TPSA) is 67.7 Å². The minimum Gasteiger partial charge on any atom is -0.372 e. The Labute approximate surface area is 181 Å². The van der Waals surface area contributed by atoms with Gasteiger partial charge >= 0.3 is 0 Å². The summed E-state index contributed by atoms with van der Waals surface area (Å²) in [5.41, 5.74) is 1.26. The average molecular weight is 431 g/mol. The van der Waals surface area contributed by atoms with Crippen LogP contribution in [0.4, 0.5) is 0 Å². The monoisotopic (exact) mass is 430 g/mol. The van der Waals surface area contributed by atoms with Crippen LogP contribution in [0, 0.1) is 5.92 Å². The van der Waals surface area contributed by atoms with Crippen LogP contribution in [0.5, 0.6) is 0 Å². The highest BCUT2D eigenvalue weighted by atomic mass is 35.5. The van der Waals surface area contributed by atoms with Crippen LogP contribution in [0.3, 0.4) is 0 Å². The summed E-state index contributed by atoms with van der Waals surface area (Å²) in [5.74, 6) is 0.0980. The Morgan fingerprint density at radius 3 is 2.40 bits per heavy atom. The maximum absolute atomic E-state index is 12.9. The van der Waals surface area contributed by atoms with Crippen molar-refractivity contribution in [3.63, 3.8) is 0 Å². The fourth-order valence-electron chi connectivity index (χ4n) is 4.33. The van der Waals surface area contributed by atoms with Gasteiger partial charge in [0.1, 0.15) is 0 Å². The molecule has 2 aliphatic rings. The molecule has 4 rings (SSSR count). The van der Waals surface area contributed by atoms with Crippen molar-refractivity contribution in [2.45, 2.75) is 38.9 Å². The second-order valence-corrected chi connectivity index (χ2v) is 8.60. The second kappa shape index (κ2) is 8.78. The summed E-state index contributed by atoms with van der Waals surface area (Å²) >= 11 is 6.22. The fourth-order valence-corrected chi connectivity index (χ4v) is 4.55. The molecule has 2 aliphatic heterocycles. The maximum Gasteiger partial charge on any atom is 0.257 e. The van der Waals surface area contributed by atoms with Crippen molar-refractivity contribution in [2.24, 2.45) is 5.92 Å². The van der Waals surface area contributed by atoms with Crippen molar-refractivity contribution in [3.05, 3.63) is 47.2 Å². The van der Waals surface area contributed by atoms with E-state index in [0.717, 1.165) is 5.69 Å². The van der Waals surface area contributed by atoms with Gasteiger partial charge in [0.2, 0.25) is 5.91 Å². The third-order valence-electron chi connectivity index (χ3n) is 5.79. The third kappa shape index (κ3) is 4.37. The van der Waals surface area contributed by atoms with E-state index < -0.39 is 0 Å². The molecule has 3 heterocycles. The number of hydrogen-bond acceptors (Lipinski definition) is 4. The van der Waals surface area contributed by atoms with Crippen LogP contribution >= 0.6 is 11.6 Å². The van der Waals surface area contributed by atoms with Gasteiger partial charge in [0.25, 0.3) is 5.91 Å². The first kappa shape index (κ1) is 20.9. The third-order valence-corrected chi connectivity index (χ3v) is 6.11. The van der Waals surface area contributed by atoms with E-state index in [0.29, 0.717) is 49.6 Å². The molecule has 7 nitrogen and oxygen atoms in total. The molecule has 2 aromatic rings. The molecular formula is C22H27ClN4O3. The molecular weight excluding hydrogens is 404 g/mol. The van der Waals surface area contributed by atoms with Gasteiger partial charge in [-0.05, 0) is 38.8 Å². The van der Waals surface area contributed by atoms with Crippen LogP contribution < -0.4 is 0 Å². The Kier molecular flexibility index (Phi) is 6.11. The van der Waals surface area contributed by atoms with E-state index in [1.54, 1.807) is 23.1 Å². The number of halogens is 1. The van der Waals surface area contributed by atoms with Crippen LogP contribution in [-0.4, -0.2) is 69.8 Å². The molecule has 0 radical (unpaired) electrons. The minimum absolute atomic E-state index is 0.0302. The van der Waals surface area contributed by atoms with Crippen LogP contribution in [0.15, 0.2) is 36.7 Å². The SMILES string of the molecule is CC1CN(C(=O)C2CCN(C(=O)c3cnn(-c4ccccc4Cl)c3)CC2)CC(C)O1. The lowest BCUT2D eigenvalue weighted by Gasteiger charge is -2.39. The molecule has 0 N–H and O–H groups in total. The lowest BCUT2D eigenvalue weighted by molar-refractivity contribution is -0.148. The summed E-state index contributed by atoms with van der Waals surface area (Å²) in [7, 11) is 0. The molecule has 2 amide bonds. The van der Waals surface area contributed by atoms with Crippen LogP contribution in [-0.2, 0) is 9.53 Å². The molecule has 2 atom stereocenters. The lowest BCUT2D eigenvalue weighted by atomic mass is 9.94. The van der Waals surface area contributed by atoms with Gasteiger partial charge < -0.3 is 14.5 Å². The van der Waals surface area contributed by atoms with Crippen molar-refractivity contribution in [1.29, 1.82) is 0 Å². The number of likely N-dealkylation sites (tertiary alicyclic amines) is 1. The molecule has 1 aromatic carbocycles. The number of para-hydroxylation sites is 1. The number of benzene rings is 1. The Balaban J connectivity index is 1.36. The second-order valence-electron chi connectivity index (χ2n) is 8.19. The molecule has 1 aromatic heterocycles. The number of carbonyl (C=O) groups is 2. The van der Waals surface area contributed by atoms with Crippen LogP contribution in [0.2, 0.25) is 5.02 Å². The average Bonchev–Trinajstić information content (AvgIpc) is 3.22. The van der Waals surface area contributed by atoms with Crippen LogP contribution in [0.1, 0.15) is 37.0 Å². The summed E-state index contributed by atoms with van der Waals surface area (Å²) in [6, 6.07) is 7.37. The molecule has 0 bridgehead atoms. The van der Waals surface area contributed by atoms with Crippen molar-refractivity contribution < 1.29 is 14.3 Å². The van der Waals surface area contributed by atoms with Gasteiger partial charge in [-0.25, -0.2) is 4.68 Å². The van der Waals surface area contributed by atoms with Gasteiger partial charge in [0.15, 0.2) is 0 Å². The number of nitrogens with zero attached hydrogens (tertiary/aromatic N) is 4. The van der Waals surface area contributed by atoms with Gasteiger partial charge in [0.05, 0.1) is 34.7 Å². The summed E-state index contributed by atoms with van der Waals surface area (Å²) in [4.78, 5) is 29.6. The first-order valence-electron chi connectivity index (χ1n) is 10.5. The Morgan fingerprint density at radius 2 is 1.73 bits per heavy atom. The highest BCUT2D eigenvalue weighted by Crippen LogP contribution is 2.24. The predicted octanol–water partition coefficient (Wildman–Crippen LogP) is 3.01. The van der Waals surface area contributed by atoms with Crippen molar-refractivity contribution in [3.8, 4) is 5.69 Å². The van der Waals surface area contributed by atoms with Gasteiger partial charge in [-0.15, -0.1) is 0 Å². The van der Waals surface area contributed by atoms with E-state index in [2.05, 4.69) is 5.10 Å². The van der Waals surface area contributed by atoms with E-state index in [1.807, 2.05) is 41.8 Å². The Bertz CT molecular complexity index is 913. The number of aromatic nitrogens is 2. The lowest BCUT2D eigenvalue weighted by Crippen LogP contribution is -2.51. The number of morpholine rings is 1. The van der Waals surface area contributed by atoms with E-state index >= 15 is 0 Å². The highest BCUT2D eigenvalue weighted by molar-refractivity contribution is 6.32. The number of piperidine rings is 1. The zero-order valence-electron chi connectivity index (χ0n) is 17.3. The van der Waals surface area contributed by atoms with E-state index in [4.69, 9.17) is 16.3 Å². The predicted molar refractivity (Wildman–Crippen MR) is 114 cm³/mol. The molecule has 2 saturated heterocycles. The standard InChI is InChI=1S/C22H27ClN4O3/c1-15-12-26(13-16(2)30-15)21(28)17-7-9-25(10-8-17)22(29)18-11-24-27(14-18)20-6-4-3-5-19(20)23/h3-6,11,14-17H,7-10,12-13H2,1-2H3. The highest BCUT2D eigenvalue weighted by Gasteiger charge is 2.34. The quantitative estimate of drug-likeness (QED) is 0.750. The van der Waals surface area contributed by atoms with E-state index in [9.17, 15) is 9.59 Å².